The predicted molar refractivity (Wildman–Crippen MR) is 253 cm³/mol. The fourth-order valence-electron chi connectivity index (χ4n) is 8.77. The summed E-state index contributed by atoms with van der Waals surface area (Å²) in [5.74, 6) is 1.50. The molecule has 1 N–H and O–H groups in total. The lowest BCUT2D eigenvalue weighted by atomic mass is 9.85. The van der Waals surface area contributed by atoms with Crippen molar-refractivity contribution in [1.82, 2.24) is 5.32 Å². The van der Waals surface area contributed by atoms with Crippen molar-refractivity contribution in [2.24, 2.45) is 9.98 Å². The molecule has 0 radical (unpaired) electrons. The van der Waals surface area contributed by atoms with Gasteiger partial charge in [0.2, 0.25) is 0 Å². The highest BCUT2D eigenvalue weighted by Gasteiger charge is 2.22. The maximum Gasteiger partial charge on any atom is 0.159 e. The Morgan fingerprint density at radius 3 is 1.37 bits per heavy atom. The number of benzene rings is 10. The van der Waals surface area contributed by atoms with Crippen molar-refractivity contribution in [3.05, 3.63) is 241 Å². The lowest BCUT2D eigenvalue weighted by Gasteiger charge is -2.24. The Hall–Kier alpha value is -7.88. The van der Waals surface area contributed by atoms with Crippen LogP contribution in [0.3, 0.4) is 0 Å². The monoisotopic (exact) mass is 765 g/mol. The molecule has 1 aliphatic heterocycles. The van der Waals surface area contributed by atoms with E-state index in [0.29, 0.717) is 5.84 Å². The Morgan fingerprint density at radius 2 is 0.750 bits per heavy atom. The second-order valence-electron chi connectivity index (χ2n) is 15.4. The standard InChI is InChI=1S/C57H39N3/c1-5-18-38(19-6-1)44-33-45(39-20-7-2-8-21-39)35-46(34-44)47-36-52(54-51-31-16-15-29-49(51)48-28-13-14-30-50(48)53(54)37-47)42-26-17-27-43(32-42)57-59-55(40-22-9-3-10-23-40)58-56(60-57)41-24-11-4-12-25-41/h1-37,55H,(H,58,59,60). The van der Waals surface area contributed by atoms with Crippen LogP contribution in [0.25, 0.3) is 76.8 Å². The minimum atomic E-state index is -0.285. The molecule has 0 amide bonds. The van der Waals surface area contributed by atoms with Gasteiger partial charge in [0.15, 0.2) is 5.84 Å². The van der Waals surface area contributed by atoms with E-state index in [1.807, 2.05) is 24.3 Å². The van der Waals surface area contributed by atoms with Gasteiger partial charge in [-0.05, 0) is 119 Å². The largest absolute Gasteiger partial charge is 0.344 e. The highest BCUT2D eigenvalue weighted by atomic mass is 15.2. The van der Waals surface area contributed by atoms with Gasteiger partial charge in [0, 0.05) is 11.1 Å². The van der Waals surface area contributed by atoms with Crippen LogP contribution in [0.1, 0.15) is 22.9 Å². The second kappa shape index (κ2) is 15.1. The first kappa shape index (κ1) is 35.3. The summed E-state index contributed by atoms with van der Waals surface area (Å²) in [5, 5.41) is 11.1. The first-order chi connectivity index (χ1) is 29.7. The first-order valence-corrected chi connectivity index (χ1v) is 20.5. The Labute approximate surface area is 349 Å². The summed E-state index contributed by atoms with van der Waals surface area (Å²) in [7, 11) is 0. The maximum atomic E-state index is 5.18. The molecule has 1 heterocycles. The summed E-state index contributed by atoms with van der Waals surface area (Å²) >= 11 is 0. The minimum Gasteiger partial charge on any atom is -0.344 e. The molecule has 11 rings (SSSR count). The van der Waals surface area contributed by atoms with Crippen LogP contribution in [0.15, 0.2) is 234 Å². The average Bonchev–Trinajstić information content (AvgIpc) is 3.34. The molecule has 282 valence electrons. The number of aliphatic imine (C=N–C) groups is 2. The molecule has 0 fully saturated rings. The third-order valence-electron chi connectivity index (χ3n) is 11.7. The van der Waals surface area contributed by atoms with Gasteiger partial charge < -0.3 is 5.32 Å². The van der Waals surface area contributed by atoms with E-state index in [2.05, 4.69) is 206 Å². The molecule has 1 atom stereocenters. The second-order valence-corrected chi connectivity index (χ2v) is 15.4. The van der Waals surface area contributed by atoms with Crippen LogP contribution in [0.2, 0.25) is 0 Å². The van der Waals surface area contributed by atoms with Crippen LogP contribution in [0, 0.1) is 0 Å². The van der Waals surface area contributed by atoms with Gasteiger partial charge in [-0.1, -0.05) is 188 Å². The highest BCUT2D eigenvalue weighted by molar-refractivity contribution is 6.29. The van der Waals surface area contributed by atoms with E-state index >= 15 is 0 Å². The van der Waals surface area contributed by atoms with E-state index in [4.69, 9.17) is 9.98 Å². The number of fused-ring (bicyclic) bond motifs is 6. The van der Waals surface area contributed by atoms with Crippen LogP contribution < -0.4 is 5.32 Å². The van der Waals surface area contributed by atoms with Crippen molar-refractivity contribution in [2.75, 3.05) is 0 Å². The molecule has 10 aromatic rings. The molecule has 10 aromatic carbocycles. The smallest absolute Gasteiger partial charge is 0.159 e. The summed E-state index contributed by atoms with van der Waals surface area (Å²) in [4.78, 5) is 10.3. The average molecular weight is 766 g/mol. The van der Waals surface area contributed by atoms with Crippen LogP contribution >= 0.6 is 0 Å². The summed E-state index contributed by atoms with van der Waals surface area (Å²) in [6, 6.07) is 80.4. The fourth-order valence-corrected chi connectivity index (χ4v) is 8.77. The molecular formula is C57H39N3. The molecule has 0 saturated carbocycles. The van der Waals surface area contributed by atoms with Crippen LogP contribution in [-0.2, 0) is 0 Å². The van der Waals surface area contributed by atoms with E-state index in [1.54, 1.807) is 0 Å². The summed E-state index contributed by atoms with van der Waals surface area (Å²) in [5.41, 5.74) is 12.4. The quantitative estimate of drug-likeness (QED) is 0.161. The number of rotatable bonds is 7. The lowest BCUT2D eigenvalue weighted by Crippen LogP contribution is -2.33. The van der Waals surface area contributed by atoms with Crippen LogP contribution in [0.5, 0.6) is 0 Å². The zero-order chi connectivity index (χ0) is 39.8. The van der Waals surface area contributed by atoms with E-state index in [0.717, 1.165) is 33.7 Å². The molecule has 1 aliphatic rings. The van der Waals surface area contributed by atoms with E-state index in [9.17, 15) is 0 Å². The fraction of sp³-hybridized carbons (Fsp3) is 0.0175. The van der Waals surface area contributed by atoms with Crippen molar-refractivity contribution in [2.45, 2.75) is 6.17 Å². The molecule has 0 saturated heterocycles. The van der Waals surface area contributed by atoms with E-state index in [1.165, 1.54) is 65.7 Å². The van der Waals surface area contributed by atoms with E-state index in [-0.39, 0.29) is 6.17 Å². The Morgan fingerprint density at radius 1 is 0.317 bits per heavy atom. The molecule has 0 aliphatic carbocycles. The van der Waals surface area contributed by atoms with Crippen LogP contribution in [0.4, 0.5) is 0 Å². The summed E-state index contributed by atoms with van der Waals surface area (Å²) in [6.45, 7) is 0. The normalized spacial score (nSPS) is 13.8. The number of hydrogen-bond donors (Lipinski definition) is 1. The van der Waals surface area contributed by atoms with Gasteiger partial charge in [0.05, 0.1) is 0 Å². The molecule has 0 spiro atoms. The lowest BCUT2D eigenvalue weighted by molar-refractivity contribution is 0.674. The van der Waals surface area contributed by atoms with Crippen molar-refractivity contribution < 1.29 is 0 Å². The zero-order valence-corrected chi connectivity index (χ0v) is 32.8. The molecule has 1 unspecified atom stereocenters. The molecule has 60 heavy (non-hydrogen) atoms. The highest BCUT2D eigenvalue weighted by Crippen LogP contribution is 2.44. The Balaban J connectivity index is 1.15. The number of nitrogens with one attached hydrogen (secondary N) is 1. The topological polar surface area (TPSA) is 36.8 Å². The summed E-state index contributed by atoms with van der Waals surface area (Å²) < 4.78 is 0. The third-order valence-corrected chi connectivity index (χ3v) is 11.7. The summed E-state index contributed by atoms with van der Waals surface area (Å²) in [6.07, 6.45) is -0.285. The molecule has 3 nitrogen and oxygen atoms in total. The van der Waals surface area contributed by atoms with Crippen molar-refractivity contribution >= 4 is 44.0 Å². The van der Waals surface area contributed by atoms with Crippen LogP contribution in [-0.4, -0.2) is 11.7 Å². The molecule has 0 aromatic heterocycles. The van der Waals surface area contributed by atoms with Gasteiger partial charge in [-0.25, -0.2) is 9.98 Å². The molecule has 3 heteroatoms. The Kier molecular flexibility index (Phi) is 8.90. The first-order valence-electron chi connectivity index (χ1n) is 20.5. The predicted octanol–water partition coefficient (Wildman–Crippen LogP) is 14.3. The molecular weight excluding hydrogens is 727 g/mol. The van der Waals surface area contributed by atoms with Gasteiger partial charge in [-0.15, -0.1) is 0 Å². The number of hydrogen-bond acceptors (Lipinski definition) is 3. The minimum absolute atomic E-state index is 0.285. The van der Waals surface area contributed by atoms with Gasteiger partial charge in [0.25, 0.3) is 0 Å². The van der Waals surface area contributed by atoms with Gasteiger partial charge in [-0.3, -0.25) is 0 Å². The van der Waals surface area contributed by atoms with Crippen molar-refractivity contribution in [3.8, 4) is 44.5 Å². The van der Waals surface area contributed by atoms with Crippen molar-refractivity contribution in [3.63, 3.8) is 0 Å². The maximum absolute atomic E-state index is 5.18. The Bertz CT molecular complexity index is 3200. The van der Waals surface area contributed by atoms with Gasteiger partial charge in [0.1, 0.15) is 12.0 Å². The number of nitrogens with zero attached hydrogens (tertiary/aromatic N) is 2. The number of amidine groups is 2. The van der Waals surface area contributed by atoms with Gasteiger partial charge in [-0.2, -0.15) is 0 Å². The zero-order valence-electron chi connectivity index (χ0n) is 32.8. The van der Waals surface area contributed by atoms with Gasteiger partial charge >= 0.3 is 0 Å². The van der Waals surface area contributed by atoms with E-state index < -0.39 is 0 Å². The third kappa shape index (κ3) is 6.53. The SMILES string of the molecule is c1ccc(C2=NC(c3ccccc3)NC(c3cccc(-c4cc(-c5cc(-c6ccccc6)cc(-c6ccccc6)c5)cc5c6ccccc6c6ccccc6c45)c3)=N2)cc1. The molecule has 0 bridgehead atoms. The van der Waals surface area contributed by atoms with Crippen molar-refractivity contribution in [1.29, 1.82) is 0 Å².